The van der Waals surface area contributed by atoms with Crippen LogP contribution in [0.4, 0.5) is 0 Å². The molecule has 7 nitrogen and oxygen atoms in total. The summed E-state index contributed by atoms with van der Waals surface area (Å²) < 4.78 is 30.7. The number of carbonyl (C=O) groups excluding carboxylic acids is 2. The van der Waals surface area contributed by atoms with E-state index in [1.807, 2.05) is 49.4 Å². The third kappa shape index (κ3) is 5.88. The highest BCUT2D eigenvalue weighted by molar-refractivity contribution is 7.99. The van der Waals surface area contributed by atoms with Crippen molar-refractivity contribution in [1.29, 1.82) is 0 Å². The van der Waals surface area contributed by atoms with Gasteiger partial charge in [0.2, 0.25) is 0 Å². The van der Waals surface area contributed by atoms with E-state index in [-0.39, 0.29) is 6.61 Å². The number of benzene rings is 3. The molecule has 2 aliphatic heterocycles. The first-order valence-corrected chi connectivity index (χ1v) is 13.3. The number of thioether (sulfide) groups is 1. The van der Waals surface area contributed by atoms with E-state index in [9.17, 15) is 9.59 Å². The largest absolute Gasteiger partial charge is 0.452 e. The van der Waals surface area contributed by atoms with E-state index in [1.165, 1.54) is 11.8 Å². The molecule has 2 saturated heterocycles. The molecule has 0 radical (unpaired) electrons. The molecule has 2 heterocycles. The van der Waals surface area contributed by atoms with Crippen LogP contribution in [0, 0.1) is 0 Å². The summed E-state index contributed by atoms with van der Waals surface area (Å²) in [5, 5.41) is 0. The Balaban J connectivity index is 1.47. The van der Waals surface area contributed by atoms with Crippen LogP contribution in [0.5, 0.6) is 0 Å². The predicted octanol–water partition coefficient (Wildman–Crippen LogP) is 5.03. The fourth-order valence-corrected chi connectivity index (χ4v) is 5.37. The molecule has 0 amide bonds. The van der Waals surface area contributed by atoms with E-state index in [4.69, 9.17) is 23.7 Å². The van der Waals surface area contributed by atoms with Crippen molar-refractivity contribution >= 4 is 23.7 Å². The number of ether oxygens (including phenoxy) is 5. The zero-order valence-corrected chi connectivity index (χ0v) is 21.1. The van der Waals surface area contributed by atoms with E-state index >= 15 is 0 Å². The minimum Gasteiger partial charge on any atom is -0.452 e. The van der Waals surface area contributed by atoms with E-state index in [0.717, 1.165) is 5.56 Å². The predicted molar refractivity (Wildman–Crippen MR) is 138 cm³/mol. The molecule has 3 aromatic carbocycles. The normalized spacial score (nSPS) is 27.1. The smallest absolute Gasteiger partial charge is 0.338 e. The summed E-state index contributed by atoms with van der Waals surface area (Å²) in [6, 6.07) is 27.0. The molecule has 3 aromatic rings. The van der Waals surface area contributed by atoms with Crippen molar-refractivity contribution in [3.63, 3.8) is 0 Å². The van der Waals surface area contributed by atoms with Crippen LogP contribution in [-0.4, -0.2) is 54.2 Å². The Morgan fingerprint density at radius 2 is 1.32 bits per heavy atom. The third-order valence-corrected chi connectivity index (χ3v) is 7.23. The van der Waals surface area contributed by atoms with Gasteiger partial charge in [0.25, 0.3) is 0 Å². The van der Waals surface area contributed by atoms with Gasteiger partial charge in [-0.15, -0.1) is 11.8 Å². The van der Waals surface area contributed by atoms with E-state index in [2.05, 4.69) is 0 Å². The molecule has 6 atom stereocenters. The fraction of sp³-hybridized carbons (Fsp3) is 0.310. The van der Waals surface area contributed by atoms with Gasteiger partial charge in [-0.3, -0.25) is 0 Å². The summed E-state index contributed by atoms with van der Waals surface area (Å²) in [5.74, 6) is -0.352. The lowest BCUT2D eigenvalue weighted by molar-refractivity contribution is -0.317. The molecule has 192 valence electrons. The van der Waals surface area contributed by atoms with Crippen LogP contribution in [0.2, 0.25) is 0 Å². The van der Waals surface area contributed by atoms with Gasteiger partial charge in [-0.25, -0.2) is 9.59 Å². The summed E-state index contributed by atoms with van der Waals surface area (Å²) in [4.78, 5) is 26.3. The van der Waals surface area contributed by atoms with Crippen molar-refractivity contribution in [2.75, 3.05) is 12.4 Å². The molecule has 0 N–H and O–H groups in total. The molecule has 0 aliphatic carbocycles. The topological polar surface area (TPSA) is 80.3 Å². The highest BCUT2D eigenvalue weighted by Crippen LogP contribution is 2.39. The molecule has 2 aliphatic rings. The Morgan fingerprint density at radius 1 is 0.784 bits per heavy atom. The second-order valence-electron chi connectivity index (χ2n) is 8.65. The molecule has 37 heavy (non-hydrogen) atoms. The average Bonchev–Trinajstić information content (AvgIpc) is 2.96. The molecule has 0 aromatic heterocycles. The van der Waals surface area contributed by atoms with Gasteiger partial charge in [-0.05, 0) is 30.0 Å². The van der Waals surface area contributed by atoms with Gasteiger partial charge in [-0.1, -0.05) is 73.7 Å². The van der Waals surface area contributed by atoms with Crippen molar-refractivity contribution in [1.82, 2.24) is 0 Å². The summed E-state index contributed by atoms with van der Waals surface area (Å²) in [6.07, 6.45) is -3.72. The second-order valence-corrected chi connectivity index (χ2v) is 10.0. The maximum atomic E-state index is 13.2. The van der Waals surface area contributed by atoms with Crippen molar-refractivity contribution in [3.05, 3.63) is 108 Å². The standard InChI is InChI=1S/C29H28O7S/c1-2-37-29-25(35-27(31)20-14-8-4-9-15-20)24(34-26(30)19-12-6-3-7-13-19)23-22(33-29)18-32-28(36-23)21-16-10-5-11-17-21/h3-17,22-25,28-29H,2,18H2,1H3. The Kier molecular flexibility index (Phi) is 8.21. The van der Waals surface area contributed by atoms with Gasteiger partial charge in [0.05, 0.1) is 17.7 Å². The first-order chi connectivity index (χ1) is 18.1. The van der Waals surface area contributed by atoms with Crippen LogP contribution in [0.1, 0.15) is 39.5 Å². The molecule has 0 bridgehead atoms. The molecule has 8 heteroatoms. The molecule has 6 unspecified atom stereocenters. The van der Waals surface area contributed by atoms with Gasteiger partial charge in [-0.2, -0.15) is 0 Å². The number of fused-ring (bicyclic) bond motifs is 1. The minimum absolute atomic E-state index is 0.240. The number of carbonyl (C=O) groups is 2. The van der Waals surface area contributed by atoms with Crippen molar-refractivity contribution in [2.24, 2.45) is 0 Å². The molecular formula is C29H28O7S. The van der Waals surface area contributed by atoms with Crippen LogP contribution in [0.15, 0.2) is 91.0 Å². The summed E-state index contributed by atoms with van der Waals surface area (Å²) in [5.41, 5.74) is 1.04. The van der Waals surface area contributed by atoms with E-state index < -0.39 is 48.1 Å². The van der Waals surface area contributed by atoms with Gasteiger partial charge in [0.1, 0.15) is 17.6 Å². The average molecular weight is 521 g/mol. The summed E-state index contributed by atoms with van der Waals surface area (Å²) >= 11 is 1.48. The van der Waals surface area contributed by atoms with Crippen LogP contribution >= 0.6 is 11.8 Å². The van der Waals surface area contributed by atoms with Crippen molar-refractivity contribution < 1.29 is 33.3 Å². The lowest BCUT2D eigenvalue weighted by atomic mass is 9.98. The van der Waals surface area contributed by atoms with E-state index in [0.29, 0.717) is 16.9 Å². The highest BCUT2D eigenvalue weighted by atomic mass is 32.2. The zero-order chi connectivity index (χ0) is 25.6. The first-order valence-electron chi connectivity index (χ1n) is 12.2. The minimum atomic E-state index is -0.918. The van der Waals surface area contributed by atoms with Crippen LogP contribution in [-0.2, 0) is 23.7 Å². The molecule has 0 spiro atoms. The molecule has 2 fully saturated rings. The lowest BCUT2D eigenvalue weighted by Crippen LogP contribution is -2.63. The monoisotopic (exact) mass is 520 g/mol. The SMILES string of the molecule is CCSC1OC2COC(c3ccccc3)OC2C(OC(=O)c2ccccc2)C1OC(=O)c1ccccc1. The molecule has 5 rings (SSSR count). The Labute approximate surface area is 220 Å². The maximum absolute atomic E-state index is 13.2. The summed E-state index contributed by atoms with van der Waals surface area (Å²) in [6.45, 7) is 2.23. The van der Waals surface area contributed by atoms with Crippen molar-refractivity contribution in [2.45, 2.75) is 43.1 Å². The van der Waals surface area contributed by atoms with Gasteiger partial charge in [0, 0.05) is 5.56 Å². The third-order valence-electron chi connectivity index (χ3n) is 6.19. The Morgan fingerprint density at radius 3 is 1.89 bits per heavy atom. The van der Waals surface area contributed by atoms with Crippen LogP contribution < -0.4 is 0 Å². The lowest BCUT2D eigenvalue weighted by Gasteiger charge is -2.48. The molecule has 0 saturated carbocycles. The number of hydrogen-bond donors (Lipinski definition) is 0. The second kappa shape index (κ2) is 11.9. The van der Waals surface area contributed by atoms with Gasteiger partial charge < -0.3 is 23.7 Å². The maximum Gasteiger partial charge on any atom is 0.338 e. The number of rotatable bonds is 7. The van der Waals surface area contributed by atoms with Crippen molar-refractivity contribution in [3.8, 4) is 0 Å². The van der Waals surface area contributed by atoms with Gasteiger partial charge in [0.15, 0.2) is 18.5 Å². The number of hydrogen-bond acceptors (Lipinski definition) is 8. The summed E-state index contributed by atoms with van der Waals surface area (Å²) in [7, 11) is 0. The zero-order valence-electron chi connectivity index (χ0n) is 20.3. The fourth-order valence-electron chi connectivity index (χ4n) is 4.42. The van der Waals surface area contributed by atoms with E-state index in [1.54, 1.807) is 48.5 Å². The Hall–Kier alpha value is -3.17. The Bertz CT molecular complexity index is 1170. The number of esters is 2. The van der Waals surface area contributed by atoms with Crippen LogP contribution in [0.3, 0.4) is 0 Å². The first kappa shape index (κ1) is 25.5. The quantitative estimate of drug-likeness (QED) is 0.402. The molecular weight excluding hydrogens is 492 g/mol. The van der Waals surface area contributed by atoms with Crippen LogP contribution in [0.25, 0.3) is 0 Å². The van der Waals surface area contributed by atoms with Gasteiger partial charge >= 0.3 is 11.9 Å². The highest BCUT2D eigenvalue weighted by Gasteiger charge is 2.53.